The van der Waals surface area contributed by atoms with Crippen molar-refractivity contribution in [3.05, 3.63) is 53.7 Å². The molecule has 1 aromatic heterocycles. The second-order valence-electron chi connectivity index (χ2n) is 11.2. The van der Waals surface area contributed by atoms with Gasteiger partial charge in [0.15, 0.2) is 0 Å². The number of hydrogen-bond acceptors (Lipinski definition) is 6. The van der Waals surface area contributed by atoms with Crippen LogP contribution in [0.25, 0.3) is 10.9 Å². The van der Waals surface area contributed by atoms with Crippen LogP contribution in [0.15, 0.2) is 42.5 Å². The molecule has 0 amide bonds. The van der Waals surface area contributed by atoms with Crippen molar-refractivity contribution in [3.63, 3.8) is 0 Å². The summed E-state index contributed by atoms with van der Waals surface area (Å²) in [6.45, 7) is 3.47. The van der Waals surface area contributed by atoms with Crippen LogP contribution in [-0.2, 0) is 11.3 Å². The molecule has 6 rings (SSSR count). The molecule has 0 unspecified atom stereocenters. The Kier molecular flexibility index (Phi) is 9.15. The van der Waals surface area contributed by atoms with E-state index in [1.165, 1.54) is 31.2 Å². The molecule has 0 bridgehead atoms. The molecule has 7 nitrogen and oxygen atoms in total. The number of nitriles is 1. The van der Waals surface area contributed by atoms with Crippen LogP contribution in [0.4, 0.5) is 24.5 Å². The van der Waals surface area contributed by atoms with Gasteiger partial charge in [-0.05, 0) is 49.1 Å². The lowest BCUT2D eigenvalue weighted by Gasteiger charge is -2.48. The number of methoxy groups -OCH3 is 1. The van der Waals surface area contributed by atoms with Crippen molar-refractivity contribution in [1.82, 2.24) is 9.88 Å². The highest BCUT2D eigenvalue weighted by Crippen LogP contribution is 2.32. The number of rotatable bonds is 6. The molecule has 1 aliphatic carbocycles. The Hall–Kier alpha value is -3.86. The number of nitrogens with zero attached hydrogens (tertiary/aromatic N) is 2. The number of halogens is 3. The topological polar surface area (TPSA) is 83.3 Å². The largest absolute Gasteiger partial charge is 0.495 e. The van der Waals surface area contributed by atoms with E-state index in [9.17, 15) is 13.2 Å². The molecule has 2 aliphatic heterocycles. The number of aromatic nitrogens is 1. The van der Waals surface area contributed by atoms with Gasteiger partial charge >= 0.3 is 6.18 Å². The summed E-state index contributed by atoms with van der Waals surface area (Å²) < 4.78 is 51.8. The molecule has 0 atom stereocenters. The van der Waals surface area contributed by atoms with E-state index in [-0.39, 0.29) is 6.54 Å². The third kappa shape index (κ3) is 7.13. The van der Waals surface area contributed by atoms with Crippen LogP contribution in [0.2, 0.25) is 0 Å². The highest BCUT2D eigenvalue weighted by atomic mass is 19.4. The Bertz CT molecular complexity index is 1470. The van der Waals surface area contributed by atoms with Gasteiger partial charge in [-0.1, -0.05) is 31.2 Å². The van der Waals surface area contributed by atoms with Crippen molar-refractivity contribution < 1.29 is 22.6 Å². The van der Waals surface area contributed by atoms with Crippen LogP contribution < -0.4 is 20.7 Å². The zero-order valence-corrected chi connectivity index (χ0v) is 23.7. The SMILES string of the molecule is C1NCC12COC2.COc1cc(C#N)ccc1NCC#Cc1cc2c(NC3CCCCC3)cccc2n1CC(F)(F)F. The molecule has 10 heteroatoms. The van der Waals surface area contributed by atoms with E-state index in [1.54, 1.807) is 36.4 Å². The molecule has 3 N–H and O–H groups in total. The second-order valence-corrected chi connectivity index (χ2v) is 11.2. The number of hydrogen-bond donors (Lipinski definition) is 3. The molecule has 3 aromatic rings. The van der Waals surface area contributed by atoms with Crippen LogP contribution in [0.1, 0.15) is 43.4 Å². The van der Waals surface area contributed by atoms with Crippen molar-refractivity contribution in [2.24, 2.45) is 5.41 Å². The standard InChI is InChI=1S/C27H27F3N4O.C5H9NO/c1-35-26-15-19(17-31)12-13-24(26)32-14-6-9-21-16-22-23(33-20-7-3-2-4-8-20)10-5-11-25(22)34(21)18-27(28,29)30;1-5(2-6-1)3-7-4-5/h5,10-13,15-16,20,32-33H,2-4,7-8,14,18H2,1H3;6H,1-4H2. The fourth-order valence-corrected chi connectivity index (χ4v) is 5.58. The number of fused-ring (bicyclic) bond motifs is 1. The molecule has 3 aliphatic rings. The summed E-state index contributed by atoms with van der Waals surface area (Å²) in [4.78, 5) is 0. The lowest BCUT2D eigenvalue weighted by Crippen LogP contribution is -2.64. The molecule has 2 aromatic carbocycles. The molecule has 3 fully saturated rings. The zero-order valence-electron chi connectivity index (χ0n) is 23.7. The zero-order chi connectivity index (χ0) is 29.6. The minimum Gasteiger partial charge on any atom is -0.495 e. The highest BCUT2D eigenvalue weighted by Gasteiger charge is 2.43. The maximum absolute atomic E-state index is 13.4. The predicted molar refractivity (Wildman–Crippen MR) is 158 cm³/mol. The van der Waals surface area contributed by atoms with E-state index in [0.29, 0.717) is 39.7 Å². The van der Waals surface area contributed by atoms with E-state index in [0.717, 1.165) is 50.0 Å². The monoisotopic (exact) mass is 579 g/mol. The molecular weight excluding hydrogens is 543 g/mol. The second kappa shape index (κ2) is 13.0. The predicted octanol–water partition coefficient (Wildman–Crippen LogP) is 5.90. The molecular formula is C32H36F3N5O2. The fourth-order valence-electron chi connectivity index (χ4n) is 5.58. The molecule has 1 spiro atoms. The van der Waals surface area contributed by atoms with Crippen molar-refractivity contribution in [3.8, 4) is 23.7 Å². The van der Waals surface area contributed by atoms with E-state index < -0.39 is 12.7 Å². The van der Waals surface area contributed by atoms with Crippen molar-refractivity contribution in [2.45, 2.75) is 50.9 Å². The minimum absolute atomic E-state index is 0.197. The maximum atomic E-state index is 13.4. The Labute approximate surface area is 244 Å². The van der Waals surface area contributed by atoms with Gasteiger partial charge in [0.25, 0.3) is 0 Å². The number of ether oxygens (including phenoxy) is 2. The van der Waals surface area contributed by atoms with Gasteiger partial charge in [-0.25, -0.2) is 0 Å². The summed E-state index contributed by atoms with van der Waals surface area (Å²) in [5.41, 5.74) is 3.39. The Morgan fingerprint density at radius 2 is 1.88 bits per heavy atom. The van der Waals surface area contributed by atoms with Gasteiger partial charge in [0, 0.05) is 41.7 Å². The van der Waals surface area contributed by atoms with Gasteiger partial charge in [-0.3, -0.25) is 0 Å². The van der Waals surface area contributed by atoms with Crippen LogP contribution in [0.3, 0.4) is 0 Å². The molecule has 3 heterocycles. The van der Waals surface area contributed by atoms with Crippen LogP contribution >= 0.6 is 0 Å². The summed E-state index contributed by atoms with van der Waals surface area (Å²) in [6.07, 6.45) is 1.32. The number of alkyl halides is 3. The lowest BCUT2D eigenvalue weighted by atomic mass is 9.80. The first kappa shape index (κ1) is 29.6. The van der Waals surface area contributed by atoms with Crippen molar-refractivity contribution in [1.29, 1.82) is 5.26 Å². The van der Waals surface area contributed by atoms with Crippen molar-refractivity contribution in [2.75, 3.05) is 50.6 Å². The number of nitrogens with one attached hydrogen (secondary N) is 3. The smallest absolute Gasteiger partial charge is 0.406 e. The van der Waals surface area contributed by atoms with Gasteiger partial charge < -0.3 is 30.0 Å². The highest BCUT2D eigenvalue weighted by molar-refractivity contribution is 5.94. The van der Waals surface area contributed by atoms with Crippen molar-refractivity contribution >= 4 is 22.3 Å². The Balaban J connectivity index is 0.000000434. The van der Waals surface area contributed by atoms with Crippen LogP contribution in [0.5, 0.6) is 5.75 Å². The van der Waals surface area contributed by atoms with E-state index in [2.05, 4.69) is 27.8 Å². The molecule has 222 valence electrons. The van der Waals surface area contributed by atoms with Gasteiger partial charge in [-0.2, -0.15) is 18.4 Å². The average Bonchev–Trinajstić information content (AvgIpc) is 3.27. The van der Waals surface area contributed by atoms with Gasteiger partial charge in [0.1, 0.15) is 12.3 Å². The summed E-state index contributed by atoms with van der Waals surface area (Å²) >= 11 is 0. The van der Waals surface area contributed by atoms with Crippen LogP contribution in [-0.4, -0.2) is 56.7 Å². The third-order valence-electron chi connectivity index (χ3n) is 7.98. The third-order valence-corrected chi connectivity index (χ3v) is 7.98. The number of benzene rings is 2. The minimum atomic E-state index is -4.37. The molecule has 1 saturated carbocycles. The quantitative estimate of drug-likeness (QED) is 0.316. The lowest BCUT2D eigenvalue weighted by molar-refractivity contribution is -0.140. The Morgan fingerprint density at radius 1 is 1.10 bits per heavy atom. The van der Waals surface area contributed by atoms with E-state index in [1.807, 2.05) is 12.1 Å². The molecule has 2 saturated heterocycles. The van der Waals surface area contributed by atoms with E-state index in [4.69, 9.17) is 14.7 Å². The summed E-state index contributed by atoms with van der Waals surface area (Å²) in [5.74, 6) is 6.34. The maximum Gasteiger partial charge on any atom is 0.406 e. The summed E-state index contributed by atoms with van der Waals surface area (Å²) in [7, 11) is 1.50. The molecule has 42 heavy (non-hydrogen) atoms. The normalized spacial score (nSPS) is 17.5. The summed E-state index contributed by atoms with van der Waals surface area (Å²) in [5, 5.41) is 19.6. The van der Waals surface area contributed by atoms with Gasteiger partial charge in [0.05, 0.1) is 55.4 Å². The van der Waals surface area contributed by atoms with Gasteiger partial charge in [0.2, 0.25) is 0 Å². The Morgan fingerprint density at radius 3 is 2.48 bits per heavy atom. The first-order valence-electron chi connectivity index (χ1n) is 14.3. The first-order chi connectivity index (χ1) is 20.3. The van der Waals surface area contributed by atoms with E-state index >= 15 is 0 Å². The van der Waals surface area contributed by atoms with Crippen LogP contribution in [0, 0.1) is 28.6 Å². The average molecular weight is 580 g/mol. The van der Waals surface area contributed by atoms with Gasteiger partial charge in [-0.15, -0.1) is 0 Å². The fraction of sp³-hybridized carbons (Fsp3) is 0.469. The molecule has 0 radical (unpaired) electrons. The number of anilines is 2. The summed E-state index contributed by atoms with van der Waals surface area (Å²) in [6, 6.07) is 14.5. The first-order valence-corrected chi connectivity index (χ1v) is 14.3.